The second kappa shape index (κ2) is 18.0. The molecule has 0 N–H and O–H groups in total. The van der Waals surface area contributed by atoms with Gasteiger partial charge in [-0.2, -0.15) is 0 Å². The smallest absolute Gasteiger partial charge is 0.326 e. The van der Waals surface area contributed by atoms with Gasteiger partial charge in [-0.15, -0.1) is 5.06 Å². The van der Waals surface area contributed by atoms with E-state index in [-0.39, 0.29) is 26.4 Å². The Morgan fingerprint density at radius 2 is 0.946 bits per heavy atom. The van der Waals surface area contributed by atoms with Gasteiger partial charge in [-0.05, 0) is 36.4 Å². The molecule has 0 unspecified atom stereocenters. The Morgan fingerprint density at radius 3 is 1.24 bits per heavy atom. The highest BCUT2D eigenvalue weighted by molar-refractivity contribution is 7.96. The molecule has 37 heavy (non-hydrogen) atoms. The number of carbonyl (C=O) groups is 3. The fraction of sp³-hybridized carbons (Fsp3) is 0.323. The van der Waals surface area contributed by atoms with E-state index in [1.165, 1.54) is 0 Å². The van der Waals surface area contributed by atoms with Crippen LogP contribution in [-0.2, 0) is 19.2 Å². The van der Waals surface area contributed by atoms with Crippen molar-refractivity contribution in [2.75, 3.05) is 6.16 Å². The van der Waals surface area contributed by atoms with Gasteiger partial charge in [0.25, 0.3) is 11.8 Å². The Labute approximate surface area is 224 Å². The summed E-state index contributed by atoms with van der Waals surface area (Å²) in [4.78, 5) is 42.2. The van der Waals surface area contributed by atoms with Crippen LogP contribution in [0.25, 0.3) is 0 Å². The fourth-order valence-corrected chi connectivity index (χ4v) is 7.68. The van der Waals surface area contributed by atoms with Gasteiger partial charge in [0.1, 0.15) is 23.2 Å². The Kier molecular flexibility index (Phi) is 16.4. The van der Waals surface area contributed by atoms with Gasteiger partial charge in [-0.3, -0.25) is 9.59 Å². The quantitative estimate of drug-likeness (QED) is 0.280. The Balaban J connectivity index is 0.00000173. The van der Waals surface area contributed by atoms with Gasteiger partial charge >= 0.3 is 5.97 Å². The van der Waals surface area contributed by atoms with E-state index in [1.54, 1.807) is 0 Å². The number of hydrogen-bond donors (Lipinski definition) is 0. The van der Waals surface area contributed by atoms with Crippen LogP contribution in [0, 0.1) is 0 Å². The first-order valence-electron chi connectivity index (χ1n) is 12.7. The minimum absolute atomic E-state index is 0. The van der Waals surface area contributed by atoms with Crippen LogP contribution in [0.15, 0.2) is 91.0 Å². The molecule has 0 aliphatic carbocycles. The molecule has 0 saturated carbocycles. The maximum absolute atomic E-state index is 13.1. The minimum atomic E-state index is -2.43. The van der Waals surface area contributed by atoms with E-state index in [4.69, 9.17) is 4.84 Å². The van der Waals surface area contributed by atoms with E-state index < -0.39 is 25.0 Å². The Hall–Kier alpha value is -3.30. The summed E-state index contributed by atoms with van der Waals surface area (Å²) in [7, 11) is -2.43. The third-order valence-corrected chi connectivity index (χ3v) is 9.43. The van der Waals surface area contributed by atoms with Crippen molar-refractivity contribution < 1.29 is 19.2 Å². The van der Waals surface area contributed by atoms with Crippen molar-refractivity contribution in [3.8, 4) is 0 Å². The summed E-state index contributed by atoms with van der Waals surface area (Å²) >= 11 is 0. The standard InChI is InChI=1S/C24H21NO4P.3C2H6.CH4/c26-22-16-17-23(27)25(22)29-24(28)18-30(19-10-4-1-5-11-19,20-12-6-2-7-13-20)21-14-8-3-9-15-21;3*1-2;/h1-15H,16-18H2;3*1-2H3;1H4/q+1;;;;. The molecule has 4 rings (SSSR count). The topological polar surface area (TPSA) is 63.7 Å². The van der Waals surface area contributed by atoms with Crippen molar-refractivity contribution in [3.05, 3.63) is 91.0 Å². The molecule has 5 nitrogen and oxygen atoms in total. The molecule has 0 atom stereocenters. The first-order valence-corrected chi connectivity index (χ1v) is 14.7. The molecule has 0 spiro atoms. The number of benzene rings is 3. The van der Waals surface area contributed by atoms with Crippen molar-refractivity contribution in [1.29, 1.82) is 0 Å². The predicted octanol–water partition coefficient (Wildman–Crippen LogP) is 6.30. The maximum Gasteiger partial charge on any atom is 0.371 e. The predicted molar refractivity (Wildman–Crippen MR) is 158 cm³/mol. The molecule has 0 radical (unpaired) electrons. The van der Waals surface area contributed by atoms with Gasteiger partial charge < -0.3 is 4.84 Å². The Bertz CT molecular complexity index is 944. The number of nitrogens with zero attached hydrogens (tertiary/aromatic N) is 1. The van der Waals surface area contributed by atoms with E-state index in [1.807, 2.05) is 133 Å². The first-order chi connectivity index (χ1) is 17.6. The second-order valence-corrected chi connectivity index (χ2v) is 10.5. The zero-order chi connectivity index (χ0) is 27.0. The maximum atomic E-state index is 13.1. The molecular weight excluding hydrogens is 481 g/mol. The van der Waals surface area contributed by atoms with Crippen molar-refractivity contribution in [3.63, 3.8) is 0 Å². The van der Waals surface area contributed by atoms with Crippen LogP contribution >= 0.6 is 7.26 Å². The van der Waals surface area contributed by atoms with Crippen molar-refractivity contribution in [2.24, 2.45) is 0 Å². The molecular formula is C31H43NO4P+. The Morgan fingerprint density at radius 1 is 0.649 bits per heavy atom. The molecule has 1 heterocycles. The highest BCUT2D eigenvalue weighted by atomic mass is 31.2. The summed E-state index contributed by atoms with van der Waals surface area (Å²) in [5.74, 6) is -1.55. The van der Waals surface area contributed by atoms with Crippen LogP contribution in [0.2, 0.25) is 0 Å². The number of imide groups is 1. The molecule has 0 bridgehead atoms. The number of hydroxylamine groups is 2. The van der Waals surface area contributed by atoms with Gasteiger partial charge in [-0.1, -0.05) is 104 Å². The summed E-state index contributed by atoms with van der Waals surface area (Å²) < 4.78 is 0. The lowest BCUT2D eigenvalue weighted by atomic mass is 10.4. The summed E-state index contributed by atoms with van der Waals surface area (Å²) in [6, 6.07) is 29.7. The lowest BCUT2D eigenvalue weighted by Crippen LogP contribution is -2.39. The average molecular weight is 525 g/mol. The first kappa shape index (κ1) is 33.7. The largest absolute Gasteiger partial charge is 0.371 e. The number of amides is 2. The zero-order valence-corrected chi connectivity index (χ0v) is 23.2. The van der Waals surface area contributed by atoms with Crippen molar-refractivity contribution in [1.82, 2.24) is 5.06 Å². The average Bonchev–Trinajstić information content (AvgIpc) is 3.28. The summed E-state index contributed by atoms with van der Waals surface area (Å²) in [5, 5.41) is 3.70. The highest BCUT2D eigenvalue weighted by Gasteiger charge is 2.49. The molecule has 200 valence electrons. The number of hydrogen-bond acceptors (Lipinski definition) is 4. The molecule has 1 saturated heterocycles. The SMILES string of the molecule is C.CC.CC.CC.O=C(C[P+](c1ccccc1)(c1ccccc1)c1ccccc1)ON1C(=O)CCC1=O. The van der Waals surface area contributed by atoms with E-state index in [9.17, 15) is 14.4 Å². The monoisotopic (exact) mass is 524 g/mol. The molecule has 1 aliphatic rings. The summed E-state index contributed by atoms with van der Waals surface area (Å²) in [5.41, 5.74) is 0. The van der Waals surface area contributed by atoms with Crippen LogP contribution in [0.1, 0.15) is 61.8 Å². The van der Waals surface area contributed by atoms with Crippen LogP contribution < -0.4 is 15.9 Å². The molecule has 1 aliphatic heterocycles. The molecule has 3 aromatic carbocycles. The molecule has 1 fully saturated rings. The molecule has 3 aromatic rings. The van der Waals surface area contributed by atoms with Crippen LogP contribution in [0.5, 0.6) is 0 Å². The second-order valence-electron chi connectivity index (χ2n) is 7.02. The number of rotatable bonds is 6. The third kappa shape index (κ3) is 8.36. The van der Waals surface area contributed by atoms with Gasteiger partial charge in [0, 0.05) is 12.8 Å². The van der Waals surface area contributed by atoms with E-state index >= 15 is 0 Å². The van der Waals surface area contributed by atoms with Gasteiger partial charge in [-0.25, -0.2) is 4.79 Å². The molecule has 0 aromatic heterocycles. The summed E-state index contributed by atoms with van der Waals surface area (Å²) in [6.07, 6.45) is 0.188. The van der Waals surface area contributed by atoms with E-state index in [0.717, 1.165) is 15.9 Å². The lowest BCUT2D eigenvalue weighted by molar-refractivity contribution is -0.195. The van der Waals surface area contributed by atoms with E-state index in [2.05, 4.69) is 0 Å². The summed E-state index contributed by atoms with van der Waals surface area (Å²) in [6.45, 7) is 12.0. The van der Waals surface area contributed by atoms with E-state index in [0.29, 0.717) is 5.06 Å². The van der Waals surface area contributed by atoms with Crippen LogP contribution in [0.4, 0.5) is 0 Å². The number of carbonyl (C=O) groups excluding carboxylic acids is 3. The van der Waals surface area contributed by atoms with Crippen molar-refractivity contribution >= 4 is 41.0 Å². The third-order valence-electron chi connectivity index (χ3n) is 5.16. The van der Waals surface area contributed by atoms with Crippen molar-refractivity contribution in [2.45, 2.75) is 61.8 Å². The van der Waals surface area contributed by atoms with Gasteiger partial charge in [0.15, 0.2) is 6.16 Å². The fourth-order valence-electron chi connectivity index (χ4n) is 3.75. The van der Waals surface area contributed by atoms with Gasteiger partial charge in [0.05, 0.1) is 0 Å². The molecule has 2 amide bonds. The minimum Gasteiger partial charge on any atom is -0.326 e. The molecule has 6 heteroatoms. The zero-order valence-electron chi connectivity index (χ0n) is 22.3. The lowest BCUT2D eigenvalue weighted by Gasteiger charge is -2.27. The van der Waals surface area contributed by atoms with Crippen LogP contribution in [-0.4, -0.2) is 29.0 Å². The highest BCUT2D eigenvalue weighted by Crippen LogP contribution is 2.55. The van der Waals surface area contributed by atoms with Crippen LogP contribution in [0.3, 0.4) is 0 Å². The van der Waals surface area contributed by atoms with Gasteiger partial charge in [0.2, 0.25) is 0 Å². The normalized spacial score (nSPS) is 11.9.